The molecule has 0 bridgehead atoms. The van der Waals surface area contributed by atoms with Gasteiger partial charge in [0.15, 0.2) is 20.8 Å². The number of hydrogen-bond donors (Lipinski definition) is 1. The first-order valence-corrected chi connectivity index (χ1v) is 8.69. The molecule has 0 aromatic carbocycles. The van der Waals surface area contributed by atoms with Crippen LogP contribution < -0.4 is 10.6 Å². The number of sulfone groups is 1. The van der Waals surface area contributed by atoms with Crippen LogP contribution in [0.2, 0.25) is 5.15 Å². The summed E-state index contributed by atoms with van der Waals surface area (Å²) in [5.41, 5.74) is 6.04. The van der Waals surface area contributed by atoms with Crippen LogP contribution in [-0.2, 0) is 9.84 Å². The minimum Gasteiger partial charge on any atom is -0.393 e. The minimum absolute atomic E-state index is 0.144. The van der Waals surface area contributed by atoms with E-state index in [0.29, 0.717) is 18.1 Å². The lowest BCUT2D eigenvalue weighted by molar-refractivity contribution is 0.583. The number of nitrogen functional groups attached to an aromatic ring is 1. The van der Waals surface area contributed by atoms with Crippen molar-refractivity contribution in [1.29, 1.82) is 0 Å². The third-order valence-electron chi connectivity index (χ3n) is 2.67. The fourth-order valence-electron chi connectivity index (χ4n) is 1.77. The summed E-state index contributed by atoms with van der Waals surface area (Å²) in [6, 6.07) is 0. The second-order valence-corrected chi connectivity index (χ2v) is 7.67. The molecule has 9 heteroatoms. The summed E-state index contributed by atoms with van der Waals surface area (Å²) < 4.78 is 23.6. The number of aromatic nitrogens is 2. The van der Waals surface area contributed by atoms with Crippen LogP contribution in [0.3, 0.4) is 0 Å². The van der Waals surface area contributed by atoms with Gasteiger partial charge < -0.3 is 10.6 Å². The molecule has 1 aliphatic rings. The second kappa shape index (κ2) is 5.10. The molecule has 1 unspecified atom stereocenters. The molecular formula is C9H13ClN4O2S2. The molecule has 1 atom stereocenters. The van der Waals surface area contributed by atoms with Crippen molar-refractivity contribution in [3.8, 4) is 0 Å². The van der Waals surface area contributed by atoms with Crippen molar-refractivity contribution in [3.63, 3.8) is 0 Å². The Morgan fingerprint density at radius 1 is 1.56 bits per heavy atom. The molecular weight excluding hydrogens is 296 g/mol. The molecule has 0 aliphatic carbocycles. The van der Waals surface area contributed by atoms with Gasteiger partial charge in [-0.1, -0.05) is 11.6 Å². The van der Waals surface area contributed by atoms with Gasteiger partial charge >= 0.3 is 0 Å². The van der Waals surface area contributed by atoms with Gasteiger partial charge in [0.2, 0.25) is 0 Å². The summed E-state index contributed by atoms with van der Waals surface area (Å²) in [4.78, 5) is 9.52. The van der Waals surface area contributed by atoms with E-state index < -0.39 is 15.2 Å². The molecule has 1 saturated heterocycles. The Hall–Kier alpha value is -0.730. The normalized spacial score (nSPS) is 21.0. The highest BCUT2D eigenvalue weighted by atomic mass is 35.5. The first kappa shape index (κ1) is 13.7. The molecule has 0 saturated carbocycles. The standard InChI is InChI=1S/C9H13ClN4O2S2/c1-18(15,16)6-4-17-3-2-14(6)9-7(11)8(10)12-5-13-9/h5-6H,2-4,11H2,1H3. The summed E-state index contributed by atoms with van der Waals surface area (Å²) in [5, 5.41) is -0.477. The number of nitrogens with two attached hydrogens (primary N) is 1. The van der Waals surface area contributed by atoms with Crippen LogP contribution in [0.25, 0.3) is 0 Å². The highest BCUT2D eigenvalue weighted by Crippen LogP contribution is 2.31. The second-order valence-electron chi connectivity index (χ2n) is 3.95. The van der Waals surface area contributed by atoms with Gasteiger partial charge in [0, 0.05) is 24.3 Å². The largest absolute Gasteiger partial charge is 0.393 e. The number of thioether (sulfide) groups is 1. The van der Waals surface area contributed by atoms with Crippen LogP contribution in [0.15, 0.2) is 6.33 Å². The molecule has 2 rings (SSSR count). The molecule has 100 valence electrons. The zero-order chi connectivity index (χ0) is 13.3. The lowest BCUT2D eigenvalue weighted by Crippen LogP contribution is -2.47. The number of hydrogen-bond acceptors (Lipinski definition) is 7. The van der Waals surface area contributed by atoms with Crippen LogP contribution in [0.1, 0.15) is 0 Å². The third kappa shape index (κ3) is 2.65. The number of rotatable bonds is 2. The molecule has 1 aromatic heterocycles. The van der Waals surface area contributed by atoms with Gasteiger partial charge in [0.1, 0.15) is 17.4 Å². The first-order chi connectivity index (χ1) is 8.41. The monoisotopic (exact) mass is 308 g/mol. The van der Waals surface area contributed by atoms with E-state index >= 15 is 0 Å². The molecule has 2 N–H and O–H groups in total. The lowest BCUT2D eigenvalue weighted by atomic mass is 10.4. The van der Waals surface area contributed by atoms with Gasteiger partial charge in [-0.2, -0.15) is 11.8 Å². The zero-order valence-corrected chi connectivity index (χ0v) is 12.1. The Balaban J connectivity index is 2.43. The van der Waals surface area contributed by atoms with Crippen molar-refractivity contribution in [1.82, 2.24) is 9.97 Å². The maximum absolute atomic E-state index is 11.8. The predicted octanol–water partition coefficient (Wildman–Crippen LogP) is 0.636. The van der Waals surface area contributed by atoms with Crippen LogP contribution in [0.4, 0.5) is 11.5 Å². The van der Waals surface area contributed by atoms with Crippen molar-refractivity contribution < 1.29 is 8.42 Å². The van der Waals surface area contributed by atoms with E-state index in [1.807, 2.05) is 0 Å². The Bertz CT molecular complexity index is 551. The summed E-state index contributed by atoms with van der Waals surface area (Å²) >= 11 is 7.44. The molecule has 6 nitrogen and oxygen atoms in total. The molecule has 0 radical (unpaired) electrons. The number of halogens is 1. The van der Waals surface area contributed by atoms with Gasteiger partial charge in [-0.05, 0) is 0 Å². The van der Waals surface area contributed by atoms with E-state index in [4.69, 9.17) is 17.3 Å². The average molecular weight is 309 g/mol. The maximum atomic E-state index is 11.8. The van der Waals surface area contributed by atoms with Crippen molar-refractivity contribution >= 4 is 44.7 Å². The number of nitrogens with zero attached hydrogens (tertiary/aromatic N) is 3. The average Bonchev–Trinajstić information content (AvgIpc) is 2.32. The van der Waals surface area contributed by atoms with Crippen molar-refractivity contribution in [2.24, 2.45) is 0 Å². The Labute approximate surface area is 115 Å². The minimum atomic E-state index is -3.21. The quantitative estimate of drug-likeness (QED) is 0.802. The molecule has 1 aliphatic heterocycles. The Morgan fingerprint density at radius 3 is 2.94 bits per heavy atom. The molecule has 18 heavy (non-hydrogen) atoms. The van der Waals surface area contributed by atoms with Gasteiger partial charge in [0.05, 0.1) is 0 Å². The summed E-state index contributed by atoms with van der Waals surface area (Å²) in [6.45, 7) is 0.569. The molecule has 0 spiro atoms. The molecule has 1 aromatic rings. The van der Waals surface area contributed by atoms with E-state index in [1.165, 1.54) is 12.6 Å². The SMILES string of the molecule is CS(=O)(=O)C1CSCCN1c1ncnc(Cl)c1N. The van der Waals surface area contributed by atoms with Crippen molar-refractivity contribution in [2.45, 2.75) is 5.37 Å². The topological polar surface area (TPSA) is 89.2 Å². The smallest absolute Gasteiger partial charge is 0.169 e. The highest BCUT2D eigenvalue weighted by molar-refractivity contribution is 8.01. The van der Waals surface area contributed by atoms with E-state index in [2.05, 4.69) is 9.97 Å². The zero-order valence-electron chi connectivity index (χ0n) is 9.71. The van der Waals surface area contributed by atoms with Crippen molar-refractivity contribution in [3.05, 3.63) is 11.5 Å². The lowest BCUT2D eigenvalue weighted by Gasteiger charge is -2.35. The van der Waals surface area contributed by atoms with Gasteiger partial charge in [-0.15, -0.1) is 0 Å². The van der Waals surface area contributed by atoms with E-state index in [-0.39, 0.29) is 10.8 Å². The molecule has 1 fully saturated rings. The Kier molecular flexibility index (Phi) is 3.88. The fraction of sp³-hybridized carbons (Fsp3) is 0.556. The molecule has 2 heterocycles. The van der Waals surface area contributed by atoms with Crippen molar-refractivity contribution in [2.75, 3.05) is 34.9 Å². The summed E-state index contributed by atoms with van der Waals surface area (Å²) in [6.07, 6.45) is 2.50. The maximum Gasteiger partial charge on any atom is 0.169 e. The molecule has 0 amide bonds. The van der Waals surface area contributed by atoms with Crippen LogP contribution in [0, 0.1) is 0 Å². The third-order valence-corrected chi connectivity index (χ3v) is 5.61. The first-order valence-electron chi connectivity index (χ1n) is 5.20. The van der Waals surface area contributed by atoms with Crippen LogP contribution in [0.5, 0.6) is 0 Å². The van der Waals surface area contributed by atoms with E-state index in [1.54, 1.807) is 16.7 Å². The summed E-state index contributed by atoms with van der Waals surface area (Å²) in [5.74, 6) is 1.72. The van der Waals surface area contributed by atoms with E-state index in [9.17, 15) is 8.42 Å². The van der Waals surface area contributed by atoms with Gasteiger partial charge in [-0.25, -0.2) is 18.4 Å². The highest BCUT2D eigenvalue weighted by Gasteiger charge is 2.33. The Morgan fingerprint density at radius 2 is 2.28 bits per heavy atom. The summed E-state index contributed by atoms with van der Waals surface area (Å²) in [7, 11) is -3.21. The van der Waals surface area contributed by atoms with Gasteiger partial charge in [0.25, 0.3) is 0 Å². The predicted molar refractivity (Wildman–Crippen MR) is 74.8 cm³/mol. The van der Waals surface area contributed by atoms with Gasteiger partial charge in [-0.3, -0.25) is 0 Å². The van der Waals surface area contributed by atoms with Crippen LogP contribution >= 0.6 is 23.4 Å². The number of anilines is 2. The fourth-order valence-corrected chi connectivity index (χ4v) is 4.72. The van der Waals surface area contributed by atoms with Crippen LogP contribution in [-0.4, -0.2) is 48.1 Å². The van der Waals surface area contributed by atoms with E-state index in [0.717, 1.165) is 5.75 Å².